The Bertz CT molecular complexity index is 1190. The van der Waals surface area contributed by atoms with Gasteiger partial charge in [-0.05, 0) is 54.8 Å². The first kappa shape index (κ1) is 17.7. The van der Waals surface area contributed by atoms with Crippen LogP contribution in [0.4, 0.5) is 5.69 Å². The third-order valence-corrected chi connectivity index (χ3v) is 5.04. The lowest BCUT2D eigenvalue weighted by Crippen LogP contribution is -2.25. The summed E-state index contributed by atoms with van der Waals surface area (Å²) in [6.45, 7) is 3.90. The van der Waals surface area contributed by atoms with Gasteiger partial charge in [0.2, 0.25) is 0 Å². The van der Waals surface area contributed by atoms with Crippen LogP contribution in [0.2, 0.25) is 0 Å². The number of fused-ring (bicyclic) bond motifs is 1. The maximum Gasteiger partial charge on any atom is 0.298 e. The van der Waals surface area contributed by atoms with Crippen LogP contribution in [0, 0.1) is 13.8 Å². The number of amides is 1. The second kappa shape index (κ2) is 7.16. The molecular weight excluding hydrogens is 348 g/mol. The number of carbonyl (C=O) groups excluding carboxylic acids is 2. The average Bonchev–Trinajstić information content (AvgIpc) is 3.11. The summed E-state index contributed by atoms with van der Waals surface area (Å²) in [6, 6.07) is 22.9. The van der Waals surface area contributed by atoms with Crippen molar-refractivity contribution in [3.63, 3.8) is 0 Å². The number of hydrogen-bond donors (Lipinski definition) is 1. The van der Waals surface area contributed by atoms with E-state index in [-0.39, 0.29) is 0 Å². The maximum atomic E-state index is 13.2. The summed E-state index contributed by atoms with van der Waals surface area (Å²) in [5.74, 6) is -1.21. The van der Waals surface area contributed by atoms with Crippen molar-refractivity contribution in [3.05, 3.63) is 95.8 Å². The first-order valence-electron chi connectivity index (χ1n) is 9.13. The number of aromatic nitrogens is 1. The molecule has 4 rings (SSSR count). The Balaban J connectivity index is 1.78. The zero-order chi connectivity index (χ0) is 19.7. The van der Waals surface area contributed by atoms with Gasteiger partial charge in [-0.1, -0.05) is 48.5 Å². The van der Waals surface area contributed by atoms with Gasteiger partial charge in [0.1, 0.15) is 5.69 Å². The minimum atomic E-state index is -0.644. The van der Waals surface area contributed by atoms with Crippen LogP contribution >= 0.6 is 0 Å². The van der Waals surface area contributed by atoms with Crippen molar-refractivity contribution in [2.75, 3.05) is 5.32 Å². The third kappa shape index (κ3) is 3.09. The van der Waals surface area contributed by atoms with Crippen molar-refractivity contribution < 1.29 is 9.59 Å². The normalized spacial score (nSPS) is 10.8. The number of carbonyl (C=O) groups is 2. The largest absolute Gasteiger partial charge is 0.319 e. The molecule has 1 N–H and O–H groups in total. The van der Waals surface area contributed by atoms with Gasteiger partial charge < -0.3 is 9.72 Å². The molecule has 2 heterocycles. The molecule has 1 amide bonds. The molecule has 2 aromatic heterocycles. The lowest BCUT2D eigenvalue weighted by Gasteiger charge is -2.11. The highest BCUT2D eigenvalue weighted by atomic mass is 16.2. The second-order valence-corrected chi connectivity index (χ2v) is 6.80. The fraction of sp³-hybridized carbons (Fsp3) is 0.0833. The smallest absolute Gasteiger partial charge is 0.298 e. The summed E-state index contributed by atoms with van der Waals surface area (Å²) in [5.41, 5.74) is 5.53. The molecule has 0 spiro atoms. The molecule has 4 nitrogen and oxygen atoms in total. The van der Waals surface area contributed by atoms with E-state index in [9.17, 15) is 9.59 Å². The molecule has 0 fully saturated rings. The maximum absolute atomic E-state index is 13.2. The van der Waals surface area contributed by atoms with Gasteiger partial charge in [0.15, 0.2) is 0 Å². The predicted octanol–water partition coefficient (Wildman–Crippen LogP) is 5.04. The van der Waals surface area contributed by atoms with Gasteiger partial charge >= 0.3 is 0 Å². The molecule has 0 radical (unpaired) electrons. The Morgan fingerprint density at radius 3 is 2.39 bits per heavy atom. The van der Waals surface area contributed by atoms with Crippen molar-refractivity contribution in [2.45, 2.75) is 13.8 Å². The van der Waals surface area contributed by atoms with E-state index in [1.54, 1.807) is 10.6 Å². The van der Waals surface area contributed by atoms with Crippen molar-refractivity contribution in [2.24, 2.45) is 0 Å². The number of pyridine rings is 1. The van der Waals surface area contributed by atoms with Crippen LogP contribution in [-0.4, -0.2) is 16.1 Å². The number of ketones is 1. The number of hydrogen-bond acceptors (Lipinski definition) is 2. The average molecular weight is 368 g/mol. The Kier molecular flexibility index (Phi) is 4.53. The van der Waals surface area contributed by atoms with Crippen molar-refractivity contribution in [3.8, 4) is 11.1 Å². The molecule has 0 saturated heterocycles. The van der Waals surface area contributed by atoms with Gasteiger partial charge in [0, 0.05) is 23.0 Å². The van der Waals surface area contributed by atoms with E-state index < -0.39 is 11.7 Å². The molecule has 4 heteroatoms. The van der Waals surface area contributed by atoms with E-state index in [0.29, 0.717) is 11.4 Å². The van der Waals surface area contributed by atoms with Crippen LogP contribution < -0.4 is 5.32 Å². The van der Waals surface area contributed by atoms with Crippen LogP contribution in [-0.2, 0) is 4.79 Å². The Morgan fingerprint density at radius 1 is 0.857 bits per heavy atom. The van der Waals surface area contributed by atoms with E-state index in [4.69, 9.17) is 0 Å². The number of nitrogens with zero attached hydrogens (tertiary/aromatic N) is 1. The first-order valence-corrected chi connectivity index (χ1v) is 9.13. The molecule has 0 aliphatic rings. The third-order valence-electron chi connectivity index (χ3n) is 5.04. The van der Waals surface area contributed by atoms with Crippen LogP contribution in [0.1, 0.15) is 21.6 Å². The summed E-state index contributed by atoms with van der Waals surface area (Å²) in [4.78, 5) is 26.0. The van der Waals surface area contributed by atoms with Crippen LogP contribution in [0.15, 0.2) is 79.0 Å². The standard InChI is InChI=1S/C24H20N2O2/c1-16-9-8-13-21(17(16)2)25-24(28)23(27)22-20(18-10-4-3-5-11-18)15-19-12-6-7-14-26(19)22/h3-15H,1-2H3,(H,25,28). The molecule has 0 atom stereocenters. The minimum absolute atomic E-state index is 0.365. The molecule has 4 aromatic rings. The zero-order valence-electron chi connectivity index (χ0n) is 15.8. The summed E-state index contributed by atoms with van der Waals surface area (Å²) < 4.78 is 1.77. The van der Waals surface area contributed by atoms with Gasteiger partial charge in [-0.15, -0.1) is 0 Å². The number of rotatable bonds is 4. The summed E-state index contributed by atoms with van der Waals surface area (Å²) in [6.07, 6.45) is 1.81. The van der Waals surface area contributed by atoms with Gasteiger partial charge in [-0.3, -0.25) is 9.59 Å². The number of benzene rings is 2. The monoisotopic (exact) mass is 368 g/mol. The van der Waals surface area contributed by atoms with Crippen LogP contribution in [0.5, 0.6) is 0 Å². The van der Waals surface area contributed by atoms with Gasteiger partial charge in [0.25, 0.3) is 11.7 Å². The van der Waals surface area contributed by atoms with Crippen molar-refractivity contribution in [1.29, 1.82) is 0 Å². The second-order valence-electron chi connectivity index (χ2n) is 6.80. The molecule has 138 valence electrons. The fourth-order valence-electron chi connectivity index (χ4n) is 3.37. The molecule has 0 aliphatic carbocycles. The number of nitrogens with one attached hydrogen (secondary N) is 1. The summed E-state index contributed by atoms with van der Waals surface area (Å²) >= 11 is 0. The van der Waals surface area contributed by atoms with Crippen molar-refractivity contribution >= 4 is 22.9 Å². The number of Topliss-reactive ketones (excluding diaryl/α,β-unsaturated/α-hetero) is 1. The molecule has 2 aromatic carbocycles. The highest BCUT2D eigenvalue weighted by molar-refractivity contribution is 6.47. The summed E-state index contributed by atoms with van der Waals surface area (Å²) in [7, 11) is 0. The molecule has 0 bridgehead atoms. The van der Waals surface area contributed by atoms with Gasteiger partial charge in [0.05, 0.1) is 0 Å². The quantitative estimate of drug-likeness (QED) is 0.405. The summed E-state index contributed by atoms with van der Waals surface area (Å²) in [5, 5.41) is 2.78. The van der Waals surface area contributed by atoms with E-state index in [1.807, 2.05) is 86.6 Å². The number of aryl methyl sites for hydroxylation is 1. The Labute approximate surface area is 163 Å². The van der Waals surface area contributed by atoms with E-state index in [0.717, 1.165) is 27.8 Å². The SMILES string of the molecule is Cc1cccc(NC(=O)C(=O)c2c(-c3ccccc3)cc3ccccn23)c1C. The molecule has 0 aliphatic heterocycles. The fourth-order valence-corrected chi connectivity index (χ4v) is 3.37. The van der Waals surface area contributed by atoms with Gasteiger partial charge in [-0.25, -0.2) is 0 Å². The molecule has 28 heavy (non-hydrogen) atoms. The first-order chi connectivity index (χ1) is 13.6. The van der Waals surface area contributed by atoms with E-state index in [1.165, 1.54) is 0 Å². The molecular formula is C24H20N2O2. The topological polar surface area (TPSA) is 50.6 Å². The Morgan fingerprint density at radius 2 is 1.61 bits per heavy atom. The Hall–Kier alpha value is -3.66. The van der Waals surface area contributed by atoms with Crippen LogP contribution in [0.3, 0.4) is 0 Å². The lowest BCUT2D eigenvalue weighted by atomic mass is 10.0. The van der Waals surface area contributed by atoms with Crippen LogP contribution in [0.25, 0.3) is 16.6 Å². The highest BCUT2D eigenvalue weighted by Crippen LogP contribution is 2.28. The minimum Gasteiger partial charge on any atom is -0.319 e. The van der Waals surface area contributed by atoms with Gasteiger partial charge in [-0.2, -0.15) is 0 Å². The number of anilines is 1. The van der Waals surface area contributed by atoms with Crippen molar-refractivity contribution in [1.82, 2.24) is 4.40 Å². The predicted molar refractivity (Wildman–Crippen MR) is 112 cm³/mol. The zero-order valence-corrected chi connectivity index (χ0v) is 15.8. The lowest BCUT2D eigenvalue weighted by molar-refractivity contribution is -0.112. The highest BCUT2D eigenvalue weighted by Gasteiger charge is 2.25. The van der Waals surface area contributed by atoms with E-state index in [2.05, 4.69) is 5.32 Å². The molecule has 0 unspecified atom stereocenters. The van der Waals surface area contributed by atoms with E-state index >= 15 is 0 Å². The molecule has 0 saturated carbocycles.